The summed E-state index contributed by atoms with van der Waals surface area (Å²) in [5.41, 5.74) is -0.819. The van der Waals surface area contributed by atoms with Crippen molar-refractivity contribution in [3.63, 3.8) is 0 Å². The summed E-state index contributed by atoms with van der Waals surface area (Å²) in [6.45, 7) is 1.25. The van der Waals surface area contributed by atoms with Crippen LogP contribution in [0.25, 0.3) is 0 Å². The van der Waals surface area contributed by atoms with Gasteiger partial charge in [0, 0.05) is 9.61 Å². The average molecular weight is 513 g/mol. The molecule has 0 aliphatic carbocycles. The number of amides is 1. The second kappa shape index (κ2) is 8.16. The smallest absolute Gasteiger partial charge is 0.256 e. The Balaban J connectivity index is 1.53. The number of para-hydroxylation sites is 1. The van der Waals surface area contributed by atoms with Crippen molar-refractivity contribution in [3.05, 3.63) is 57.2 Å². The lowest BCUT2D eigenvalue weighted by atomic mass is 9.81. The van der Waals surface area contributed by atoms with E-state index in [-0.39, 0.29) is 36.1 Å². The summed E-state index contributed by atoms with van der Waals surface area (Å²) in [6.07, 6.45) is 3.01. The van der Waals surface area contributed by atoms with Crippen molar-refractivity contribution >= 4 is 39.9 Å². The summed E-state index contributed by atoms with van der Waals surface area (Å²) in [6, 6.07) is 8.68. The summed E-state index contributed by atoms with van der Waals surface area (Å²) in [4.78, 5) is 14.5. The highest BCUT2D eigenvalue weighted by atomic mass is 127. The van der Waals surface area contributed by atoms with Crippen LogP contribution in [-0.2, 0) is 0 Å². The zero-order valence-electron chi connectivity index (χ0n) is 15.7. The number of β-amino-alcohol motifs (C(OH)–C–C–N with tert-alkyl or cyclic N) is 1. The van der Waals surface area contributed by atoms with Gasteiger partial charge in [-0.05, 0) is 72.3 Å². The van der Waals surface area contributed by atoms with Crippen LogP contribution in [0.1, 0.15) is 29.6 Å². The van der Waals surface area contributed by atoms with Crippen molar-refractivity contribution in [2.45, 2.75) is 30.9 Å². The third kappa shape index (κ3) is 4.10. The molecule has 0 spiro atoms. The molecule has 3 N–H and O–H groups in total. The van der Waals surface area contributed by atoms with Gasteiger partial charge < -0.3 is 20.6 Å². The normalized spacial score (nSPS) is 20.8. The Morgan fingerprint density at radius 3 is 2.69 bits per heavy atom. The SMILES string of the molecule is O=C(c1cccc(F)c1Nc1ccc(I)cc1F)N1CC(O)(C2CCCCN2)C1. The second-order valence-electron chi connectivity index (χ2n) is 7.68. The molecule has 154 valence electrons. The maximum Gasteiger partial charge on any atom is 0.256 e. The summed E-state index contributed by atoms with van der Waals surface area (Å²) in [7, 11) is 0. The van der Waals surface area contributed by atoms with Gasteiger partial charge >= 0.3 is 0 Å². The Kier molecular flexibility index (Phi) is 5.76. The van der Waals surface area contributed by atoms with Crippen LogP contribution in [-0.4, -0.2) is 47.2 Å². The van der Waals surface area contributed by atoms with Crippen molar-refractivity contribution in [1.82, 2.24) is 10.2 Å². The molecule has 0 saturated carbocycles. The van der Waals surface area contributed by atoms with Crippen LogP contribution in [0, 0.1) is 15.2 Å². The standard InChI is InChI=1S/C21H22F2IN3O2/c22-15-5-3-4-14(19(15)26-17-8-7-13(24)10-16(17)23)20(28)27-11-21(29,12-27)18-6-1-2-9-25-18/h3-5,7-8,10,18,25-26,29H,1-2,6,9,11-12H2. The molecule has 0 radical (unpaired) electrons. The topological polar surface area (TPSA) is 64.6 Å². The van der Waals surface area contributed by atoms with Gasteiger partial charge in [0.2, 0.25) is 0 Å². The van der Waals surface area contributed by atoms with Crippen molar-refractivity contribution in [1.29, 1.82) is 0 Å². The third-order valence-corrected chi connectivity index (χ3v) is 6.28. The number of hydrogen-bond donors (Lipinski definition) is 3. The van der Waals surface area contributed by atoms with Crippen molar-refractivity contribution < 1.29 is 18.7 Å². The molecule has 1 amide bonds. The lowest BCUT2D eigenvalue weighted by Gasteiger charge is -2.51. The number of hydrogen-bond acceptors (Lipinski definition) is 4. The summed E-state index contributed by atoms with van der Waals surface area (Å²) < 4.78 is 29.5. The van der Waals surface area contributed by atoms with Crippen molar-refractivity contribution in [2.75, 3.05) is 25.0 Å². The molecule has 4 rings (SSSR count). The van der Waals surface area contributed by atoms with Crippen LogP contribution in [0.15, 0.2) is 36.4 Å². The van der Waals surface area contributed by atoms with Crippen LogP contribution >= 0.6 is 22.6 Å². The number of piperidine rings is 1. The number of benzene rings is 2. The first-order chi connectivity index (χ1) is 13.9. The molecular weight excluding hydrogens is 491 g/mol. The minimum Gasteiger partial charge on any atom is -0.385 e. The van der Waals surface area contributed by atoms with Crippen LogP contribution in [0.2, 0.25) is 0 Å². The van der Waals surface area contributed by atoms with E-state index >= 15 is 0 Å². The molecule has 8 heteroatoms. The number of aliphatic hydroxyl groups is 1. The first kappa shape index (κ1) is 20.5. The molecule has 29 heavy (non-hydrogen) atoms. The van der Waals surface area contributed by atoms with E-state index in [2.05, 4.69) is 10.6 Å². The molecule has 1 unspecified atom stereocenters. The van der Waals surface area contributed by atoms with Gasteiger partial charge in [0.1, 0.15) is 17.2 Å². The first-order valence-electron chi connectivity index (χ1n) is 9.63. The van der Waals surface area contributed by atoms with E-state index in [4.69, 9.17) is 0 Å². The number of carbonyl (C=O) groups is 1. The minimum atomic E-state index is -0.959. The van der Waals surface area contributed by atoms with Gasteiger partial charge in [0.05, 0.1) is 30.0 Å². The summed E-state index contributed by atoms with van der Waals surface area (Å²) >= 11 is 1.99. The molecule has 1 atom stereocenters. The van der Waals surface area contributed by atoms with Gasteiger partial charge in [-0.15, -0.1) is 0 Å². The Morgan fingerprint density at radius 2 is 2.00 bits per heavy atom. The number of anilines is 2. The number of halogens is 3. The molecule has 2 aromatic rings. The number of rotatable bonds is 4. The van der Waals surface area contributed by atoms with Crippen molar-refractivity contribution in [3.8, 4) is 0 Å². The highest BCUT2D eigenvalue weighted by Crippen LogP contribution is 2.33. The van der Waals surface area contributed by atoms with E-state index in [1.54, 1.807) is 6.07 Å². The maximum absolute atomic E-state index is 14.5. The van der Waals surface area contributed by atoms with E-state index in [0.717, 1.165) is 25.8 Å². The maximum atomic E-state index is 14.5. The van der Waals surface area contributed by atoms with E-state index in [1.165, 1.54) is 35.2 Å². The third-order valence-electron chi connectivity index (χ3n) is 5.61. The quantitative estimate of drug-likeness (QED) is 0.547. The molecule has 2 aliphatic heterocycles. The monoisotopic (exact) mass is 513 g/mol. The van der Waals surface area contributed by atoms with Gasteiger partial charge in [-0.1, -0.05) is 12.5 Å². The lowest BCUT2D eigenvalue weighted by molar-refractivity contribution is -0.108. The van der Waals surface area contributed by atoms with Crippen LogP contribution < -0.4 is 10.6 Å². The molecule has 2 saturated heterocycles. The lowest BCUT2D eigenvalue weighted by Crippen LogP contribution is -2.72. The molecule has 0 bridgehead atoms. The van der Waals surface area contributed by atoms with E-state index in [0.29, 0.717) is 3.57 Å². The molecular formula is C21H22F2IN3O2. The fourth-order valence-corrected chi connectivity index (χ4v) is 4.47. The average Bonchev–Trinajstić information content (AvgIpc) is 2.69. The van der Waals surface area contributed by atoms with E-state index in [9.17, 15) is 18.7 Å². The van der Waals surface area contributed by atoms with Gasteiger partial charge in [0.15, 0.2) is 0 Å². The second-order valence-corrected chi connectivity index (χ2v) is 8.92. The Morgan fingerprint density at radius 1 is 1.21 bits per heavy atom. The predicted molar refractivity (Wildman–Crippen MR) is 115 cm³/mol. The van der Waals surface area contributed by atoms with Gasteiger partial charge in [-0.25, -0.2) is 8.78 Å². The van der Waals surface area contributed by atoms with Gasteiger partial charge in [-0.3, -0.25) is 4.79 Å². The zero-order valence-corrected chi connectivity index (χ0v) is 17.9. The largest absolute Gasteiger partial charge is 0.385 e. The van der Waals surface area contributed by atoms with Crippen LogP contribution in [0.3, 0.4) is 0 Å². The first-order valence-corrected chi connectivity index (χ1v) is 10.7. The zero-order chi connectivity index (χ0) is 20.6. The minimum absolute atomic E-state index is 0.0358. The number of likely N-dealkylation sites (tertiary alicyclic amines) is 1. The summed E-state index contributed by atoms with van der Waals surface area (Å²) in [5.74, 6) is -1.56. The van der Waals surface area contributed by atoms with Gasteiger partial charge in [0.25, 0.3) is 5.91 Å². The molecule has 2 fully saturated rings. The highest BCUT2D eigenvalue weighted by molar-refractivity contribution is 14.1. The Hall–Kier alpha value is -1.78. The molecule has 0 aromatic heterocycles. The number of nitrogens with one attached hydrogen (secondary N) is 2. The Bertz CT molecular complexity index is 928. The molecule has 2 heterocycles. The summed E-state index contributed by atoms with van der Waals surface area (Å²) in [5, 5.41) is 16.9. The fourth-order valence-electron chi connectivity index (χ4n) is 4.01. The molecule has 2 aromatic carbocycles. The highest BCUT2D eigenvalue weighted by Gasteiger charge is 2.49. The number of carbonyl (C=O) groups excluding carboxylic acids is 1. The van der Waals surface area contributed by atoms with E-state index < -0.39 is 23.1 Å². The van der Waals surface area contributed by atoms with Crippen molar-refractivity contribution in [2.24, 2.45) is 0 Å². The Labute approximate surface area is 181 Å². The van der Waals surface area contributed by atoms with E-state index in [1.807, 2.05) is 22.6 Å². The molecule has 2 aliphatic rings. The fraction of sp³-hybridized carbons (Fsp3) is 0.381. The van der Waals surface area contributed by atoms with Crippen LogP contribution in [0.5, 0.6) is 0 Å². The van der Waals surface area contributed by atoms with Gasteiger partial charge in [-0.2, -0.15) is 0 Å². The van der Waals surface area contributed by atoms with Crippen LogP contribution in [0.4, 0.5) is 20.2 Å². The predicted octanol–water partition coefficient (Wildman–Crippen LogP) is 3.64. The number of nitrogens with zero attached hydrogens (tertiary/aromatic N) is 1. The molecule has 5 nitrogen and oxygen atoms in total.